The second-order valence-electron chi connectivity index (χ2n) is 11.0. The standard InChI is InChI=1S/C31H66N.BrH/c1-5-9-13-17-18-19-23-27-31-32(28-24-20-14-10-6-2,29-25-21-15-11-7-3)30-26-22-16-12-8-4;/h5-31H2,1-4H3;1H/q+1;/p-1. The Morgan fingerprint density at radius 2 is 0.455 bits per heavy atom. The molecule has 0 rings (SSSR count). The summed E-state index contributed by atoms with van der Waals surface area (Å²) in [4.78, 5) is 0. The normalized spacial score (nSPS) is 11.6. The van der Waals surface area contributed by atoms with Gasteiger partial charge in [-0.3, -0.25) is 0 Å². The van der Waals surface area contributed by atoms with Crippen LogP contribution in [0.2, 0.25) is 0 Å². The van der Waals surface area contributed by atoms with E-state index in [-0.39, 0.29) is 17.0 Å². The van der Waals surface area contributed by atoms with E-state index in [1.165, 1.54) is 178 Å². The summed E-state index contributed by atoms with van der Waals surface area (Å²) < 4.78 is 1.47. The van der Waals surface area contributed by atoms with Crippen LogP contribution in [0.3, 0.4) is 0 Å². The summed E-state index contributed by atoms with van der Waals surface area (Å²) in [5, 5.41) is 0. The molecule has 1 nitrogen and oxygen atoms in total. The summed E-state index contributed by atoms with van der Waals surface area (Å²) in [6.45, 7) is 15.2. The van der Waals surface area contributed by atoms with Crippen LogP contribution in [-0.2, 0) is 0 Å². The zero-order chi connectivity index (χ0) is 23.6. The Bertz CT molecular complexity index is 308. The summed E-state index contributed by atoms with van der Waals surface area (Å²) in [5.74, 6) is 0. The summed E-state index contributed by atoms with van der Waals surface area (Å²) >= 11 is 0. The van der Waals surface area contributed by atoms with Crippen LogP contribution < -0.4 is 17.0 Å². The molecule has 0 saturated heterocycles. The topological polar surface area (TPSA) is 0 Å². The SMILES string of the molecule is CCCCCCCCCC[N+](CCCCCCC)(CCCCCCC)CCCCCCC.[Br-]. The van der Waals surface area contributed by atoms with Crippen LogP contribution in [0, 0.1) is 0 Å². The lowest BCUT2D eigenvalue weighted by atomic mass is 10.0. The van der Waals surface area contributed by atoms with Gasteiger partial charge in [-0.25, -0.2) is 0 Å². The Labute approximate surface area is 222 Å². The fraction of sp³-hybridized carbons (Fsp3) is 1.00. The maximum Gasteiger partial charge on any atom is 0.0786 e. The first kappa shape index (κ1) is 35.6. The average molecular weight is 533 g/mol. The van der Waals surface area contributed by atoms with Crippen molar-refractivity contribution in [2.45, 2.75) is 175 Å². The molecule has 0 atom stereocenters. The van der Waals surface area contributed by atoms with Gasteiger partial charge in [-0.1, -0.05) is 124 Å². The van der Waals surface area contributed by atoms with Gasteiger partial charge in [0.1, 0.15) is 0 Å². The third-order valence-electron chi connectivity index (χ3n) is 7.69. The molecule has 0 saturated carbocycles. The highest BCUT2D eigenvalue weighted by molar-refractivity contribution is 4.54. The van der Waals surface area contributed by atoms with Crippen LogP contribution in [0.15, 0.2) is 0 Å². The summed E-state index contributed by atoms with van der Waals surface area (Å²) in [5.41, 5.74) is 0. The molecular weight excluding hydrogens is 466 g/mol. The van der Waals surface area contributed by atoms with Crippen LogP contribution in [-0.4, -0.2) is 30.7 Å². The maximum absolute atomic E-state index is 2.34. The predicted molar refractivity (Wildman–Crippen MR) is 149 cm³/mol. The lowest BCUT2D eigenvalue weighted by Crippen LogP contribution is -3.00. The number of hydrogen-bond acceptors (Lipinski definition) is 0. The molecule has 202 valence electrons. The zero-order valence-electron chi connectivity index (χ0n) is 23.9. The van der Waals surface area contributed by atoms with Crippen molar-refractivity contribution < 1.29 is 21.5 Å². The van der Waals surface area contributed by atoms with E-state index in [0.717, 1.165) is 0 Å². The van der Waals surface area contributed by atoms with E-state index in [1.54, 1.807) is 0 Å². The Kier molecular flexibility index (Phi) is 30.9. The monoisotopic (exact) mass is 531 g/mol. The smallest absolute Gasteiger partial charge is 0.0786 e. The fourth-order valence-electron chi connectivity index (χ4n) is 5.40. The Morgan fingerprint density at radius 1 is 0.273 bits per heavy atom. The van der Waals surface area contributed by atoms with Crippen LogP contribution in [0.25, 0.3) is 0 Å². The van der Waals surface area contributed by atoms with Gasteiger partial charge in [0.25, 0.3) is 0 Å². The lowest BCUT2D eigenvalue weighted by molar-refractivity contribution is -0.929. The zero-order valence-corrected chi connectivity index (χ0v) is 25.5. The highest BCUT2D eigenvalue weighted by atomic mass is 79.9. The molecule has 0 radical (unpaired) electrons. The van der Waals surface area contributed by atoms with Crippen molar-refractivity contribution in [3.63, 3.8) is 0 Å². The number of quaternary nitrogens is 1. The van der Waals surface area contributed by atoms with Crippen LogP contribution >= 0.6 is 0 Å². The number of rotatable bonds is 27. The van der Waals surface area contributed by atoms with Gasteiger partial charge in [-0.2, -0.15) is 0 Å². The van der Waals surface area contributed by atoms with E-state index < -0.39 is 0 Å². The first-order chi connectivity index (χ1) is 15.7. The van der Waals surface area contributed by atoms with Gasteiger partial charge in [0.2, 0.25) is 0 Å². The largest absolute Gasteiger partial charge is 1.00 e. The molecule has 0 unspecified atom stereocenters. The highest BCUT2D eigenvalue weighted by Crippen LogP contribution is 2.20. The Balaban J connectivity index is 0. The molecule has 0 amide bonds. The molecule has 0 aliphatic carbocycles. The minimum absolute atomic E-state index is 0. The first-order valence-electron chi connectivity index (χ1n) is 15.6. The van der Waals surface area contributed by atoms with Crippen LogP contribution in [0.1, 0.15) is 175 Å². The molecule has 0 aliphatic heterocycles. The van der Waals surface area contributed by atoms with Gasteiger partial charge in [0, 0.05) is 0 Å². The number of hydrogen-bond donors (Lipinski definition) is 0. The van der Waals surface area contributed by atoms with E-state index in [2.05, 4.69) is 27.7 Å². The van der Waals surface area contributed by atoms with Crippen molar-refractivity contribution >= 4 is 0 Å². The average Bonchev–Trinajstić information content (AvgIpc) is 2.80. The summed E-state index contributed by atoms with van der Waals surface area (Å²) in [6.07, 6.45) is 33.3. The molecule has 0 aliphatic rings. The molecule has 0 heterocycles. The molecule has 0 aromatic rings. The summed E-state index contributed by atoms with van der Waals surface area (Å²) in [7, 11) is 0. The molecule has 0 fully saturated rings. The van der Waals surface area contributed by atoms with Gasteiger partial charge in [-0.05, 0) is 51.4 Å². The molecule has 0 bridgehead atoms. The number of nitrogens with zero attached hydrogens (tertiary/aromatic N) is 1. The third kappa shape index (κ3) is 23.9. The number of unbranched alkanes of at least 4 members (excludes halogenated alkanes) is 19. The Hall–Kier alpha value is 0.440. The van der Waals surface area contributed by atoms with Gasteiger partial charge in [0.15, 0.2) is 0 Å². The summed E-state index contributed by atoms with van der Waals surface area (Å²) in [6, 6.07) is 0. The minimum Gasteiger partial charge on any atom is -1.00 e. The van der Waals surface area contributed by atoms with Crippen molar-refractivity contribution in [2.75, 3.05) is 26.2 Å². The highest BCUT2D eigenvalue weighted by Gasteiger charge is 2.25. The van der Waals surface area contributed by atoms with Crippen LogP contribution in [0.5, 0.6) is 0 Å². The molecule has 0 spiro atoms. The first-order valence-corrected chi connectivity index (χ1v) is 15.6. The van der Waals surface area contributed by atoms with Gasteiger partial charge >= 0.3 is 0 Å². The van der Waals surface area contributed by atoms with E-state index >= 15 is 0 Å². The predicted octanol–water partition coefficient (Wildman–Crippen LogP) is 7.86. The molecule has 2 heteroatoms. The van der Waals surface area contributed by atoms with E-state index in [9.17, 15) is 0 Å². The second kappa shape index (κ2) is 28.7. The molecular formula is C31H66BrN. The van der Waals surface area contributed by atoms with Crippen molar-refractivity contribution in [3.05, 3.63) is 0 Å². The van der Waals surface area contributed by atoms with Gasteiger partial charge in [-0.15, -0.1) is 0 Å². The van der Waals surface area contributed by atoms with Gasteiger partial charge in [0.05, 0.1) is 26.2 Å². The van der Waals surface area contributed by atoms with E-state index in [1.807, 2.05) is 0 Å². The molecule has 0 aromatic carbocycles. The molecule has 0 N–H and O–H groups in total. The lowest BCUT2D eigenvalue weighted by Gasteiger charge is -2.40. The molecule has 33 heavy (non-hydrogen) atoms. The third-order valence-corrected chi connectivity index (χ3v) is 7.69. The van der Waals surface area contributed by atoms with E-state index in [0.29, 0.717) is 0 Å². The molecule has 0 aromatic heterocycles. The van der Waals surface area contributed by atoms with Crippen molar-refractivity contribution in [2.24, 2.45) is 0 Å². The van der Waals surface area contributed by atoms with Crippen molar-refractivity contribution in [3.8, 4) is 0 Å². The van der Waals surface area contributed by atoms with E-state index in [4.69, 9.17) is 0 Å². The quantitative estimate of drug-likeness (QED) is 0.0746. The second-order valence-corrected chi connectivity index (χ2v) is 11.0. The fourth-order valence-corrected chi connectivity index (χ4v) is 5.40. The van der Waals surface area contributed by atoms with Gasteiger partial charge < -0.3 is 21.5 Å². The van der Waals surface area contributed by atoms with Crippen molar-refractivity contribution in [1.29, 1.82) is 0 Å². The maximum atomic E-state index is 2.34. The Morgan fingerprint density at radius 3 is 0.667 bits per heavy atom. The van der Waals surface area contributed by atoms with Crippen molar-refractivity contribution in [1.82, 2.24) is 0 Å². The number of halogens is 1. The minimum atomic E-state index is 0. The van der Waals surface area contributed by atoms with Crippen LogP contribution in [0.4, 0.5) is 0 Å².